The van der Waals surface area contributed by atoms with Gasteiger partial charge in [0.05, 0.1) is 17.0 Å². The van der Waals surface area contributed by atoms with Gasteiger partial charge >= 0.3 is 0 Å². The number of nitrogens with zero attached hydrogens (tertiary/aromatic N) is 3. The average Bonchev–Trinajstić information content (AvgIpc) is 2.56. The Bertz CT molecular complexity index is 731. The lowest BCUT2D eigenvalue weighted by Gasteiger charge is -2.22. The van der Waals surface area contributed by atoms with Crippen molar-refractivity contribution in [2.45, 2.75) is 20.4 Å². The second kappa shape index (κ2) is 8.15. The molecule has 24 heavy (non-hydrogen) atoms. The van der Waals surface area contributed by atoms with E-state index >= 15 is 0 Å². The summed E-state index contributed by atoms with van der Waals surface area (Å²) in [5, 5.41) is 0.580. The molecule has 0 aliphatic carbocycles. The fourth-order valence-electron chi connectivity index (χ4n) is 2.38. The van der Waals surface area contributed by atoms with E-state index in [9.17, 15) is 4.39 Å². The van der Waals surface area contributed by atoms with Gasteiger partial charge in [-0.2, -0.15) is 0 Å². The molecule has 0 bridgehead atoms. The molecule has 2 rings (SSSR count). The van der Waals surface area contributed by atoms with Gasteiger partial charge < -0.3 is 9.80 Å². The zero-order chi connectivity index (χ0) is 17.7. The van der Waals surface area contributed by atoms with Crippen LogP contribution < -0.4 is 4.90 Å². The van der Waals surface area contributed by atoms with Crippen molar-refractivity contribution in [3.63, 3.8) is 0 Å². The molecule has 0 aliphatic heterocycles. The monoisotopic (exact) mass is 347 g/mol. The second-order valence-electron chi connectivity index (χ2n) is 5.86. The molecule has 0 N–H and O–H groups in total. The van der Waals surface area contributed by atoms with Crippen molar-refractivity contribution in [3.05, 3.63) is 58.4 Å². The van der Waals surface area contributed by atoms with E-state index in [4.69, 9.17) is 11.6 Å². The average molecular weight is 348 g/mol. The van der Waals surface area contributed by atoms with Crippen LogP contribution in [0.3, 0.4) is 0 Å². The summed E-state index contributed by atoms with van der Waals surface area (Å²) in [6.45, 7) is 5.42. The molecule has 0 aliphatic rings. The van der Waals surface area contributed by atoms with E-state index in [1.807, 2.05) is 49.0 Å². The minimum atomic E-state index is -0.197. The van der Waals surface area contributed by atoms with Crippen molar-refractivity contribution < 1.29 is 4.39 Å². The molecule has 0 amide bonds. The van der Waals surface area contributed by atoms with Gasteiger partial charge in [-0.1, -0.05) is 29.8 Å². The molecule has 0 spiro atoms. The Labute approximate surface area is 148 Å². The summed E-state index contributed by atoms with van der Waals surface area (Å²) >= 11 is 6.37. The van der Waals surface area contributed by atoms with Crippen LogP contribution in [0.1, 0.15) is 18.1 Å². The third-order valence-electron chi connectivity index (χ3n) is 3.93. The van der Waals surface area contributed by atoms with Crippen LogP contribution in [0.5, 0.6) is 0 Å². The van der Waals surface area contributed by atoms with Gasteiger partial charge in [-0.05, 0) is 37.6 Å². The van der Waals surface area contributed by atoms with Gasteiger partial charge in [-0.15, -0.1) is 0 Å². The molecular weight excluding hydrogens is 325 g/mol. The van der Waals surface area contributed by atoms with Crippen LogP contribution in [-0.2, 0) is 6.54 Å². The topological polar surface area (TPSA) is 18.8 Å². The van der Waals surface area contributed by atoms with E-state index in [1.54, 1.807) is 18.5 Å². The highest BCUT2D eigenvalue weighted by molar-refractivity contribution is 6.33. The molecule has 0 unspecified atom stereocenters. The fourth-order valence-corrected chi connectivity index (χ4v) is 2.58. The van der Waals surface area contributed by atoms with Crippen molar-refractivity contribution in [2.24, 2.45) is 4.99 Å². The maximum absolute atomic E-state index is 13.8. The molecule has 0 atom stereocenters. The van der Waals surface area contributed by atoms with Gasteiger partial charge in [0, 0.05) is 38.4 Å². The van der Waals surface area contributed by atoms with E-state index in [0.29, 0.717) is 17.1 Å². The largest absolute Gasteiger partial charge is 0.370 e. The van der Waals surface area contributed by atoms with Crippen LogP contribution in [0.2, 0.25) is 5.02 Å². The number of rotatable bonds is 6. The van der Waals surface area contributed by atoms with E-state index in [0.717, 1.165) is 23.5 Å². The molecule has 128 valence electrons. The number of hydrogen-bond donors (Lipinski definition) is 0. The smallest absolute Gasteiger partial charge is 0.128 e. The molecule has 0 saturated heterocycles. The van der Waals surface area contributed by atoms with Crippen molar-refractivity contribution in [3.8, 4) is 0 Å². The van der Waals surface area contributed by atoms with Gasteiger partial charge in [-0.25, -0.2) is 9.38 Å². The molecule has 2 aromatic rings. The van der Waals surface area contributed by atoms with E-state index in [-0.39, 0.29) is 5.82 Å². The first-order chi connectivity index (χ1) is 11.4. The van der Waals surface area contributed by atoms with E-state index in [2.05, 4.69) is 11.9 Å². The molecule has 0 aromatic heterocycles. The quantitative estimate of drug-likeness (QED) is 0.538. The van der Waals surface area contributed by atoms with Gasteiger partial charge in [0.1, 0.15) is 5.82 Å². The van der Waals surface area contributed by atoms with E-state index < -0.39 is 0 Å². The van der Waals surface area contributed by atoms with Gasteiger partial charge in [0.25, 0.3) is 0 Å². The SMILES string of the molecule is CCN(C)C=Nc1cc(C)c(N(C)Cc2ccccc2F)cc1Cl. The summed E-state index contributed by atoms with van der Waals surface area (Å²) in [5.41, 5.74) is 3.40. The summed E-state index contributed by atoms with van der Waals surface area (Å²) in [7, 11) is 3.89. The number of halogens is 2. The summed E-state index contributed by atoms with van der Waals surface area (Å²) < 4.78 is 13.8. The molecular formula is C19H23ClFN3. The Hall–Kier alpha value is -2.07. The Kier molecular flexibility index (Phi) is 6.21. The van der Waals surface area contributed by atoms with Crippen molar-refractivity contribution in [1.29, 1.82) is 0 Å². The lowest BCUT2D eigenvalue weighted by molar-refractivity contribution is 0.552. The maximum Gasteiger partial charge on any atom is 0.128 e. The van der Waals surface area contributed by atoms with Crippen molar-refractivity contribution >= 4 is 29.3 Å². The Morgan fingerprint density at radius 3 is 2.58 bits per heavy atom. The number of aryl methyl sites for hydroxylation is 1. The third kappa shape index (κ3) is 4.48. The molecule has 5 heteroatoms. The Morgan fingerprint density at radius 2 is 1.92 bits per heavy atom. The minimum absolute atomic E-state index is 0.197. The second-order valence-corrected chi connectivity index (χ2v) is 6.26. The van der Waals surface area contributed by atoms with E-state index in [1.165, 1.54) is 6.07 Å². The predicted octanol–water partition coefficient (Wildman–Crippen LogP) is 5.04. The fraction of sp³-hybridized carbons (Fsp3) is 0.316. The number of anilines is 1. The highest BCUT2D eigenvalue weighted by atomic mass is 35.5. The number of aliphatic imine (C=N–C) groups is 1. The lowest BCUT2D eigenvalue weighted by Crippen LogP contribution is -2.18. The molecule has 0 fully saturated rings. The van der Waals surface area contributed by atoms with Gasteiger partial charge in [0.15, 0.2) is 0 Å². The van der Waals surface area contributed by atoms with Crippen LogP contribution in [0.15, 0.2) is 41.4 Å². The normalized spacial score (nSPS) is 11.1. The number of benzene rings is 2. The Morgan fingerprint density at radius 1 is 1.21 bits per heavy atom. The van der Waals surface area contributed by atoms with Crippen molar-refractivity contribution in [2.75, 3.05) is 25.5 Å². The first kappa shape index (κ1) is 18.3. The highest BCUT2D eigenvalue weighted by Gasteiger charge is 2.11. The zero-order valence-electron chi connectivity index (χ0n) is 14.6. The third-order valence-corrected chi connectivity index (χ3v) is 4.24. The zero-order valence-corrected chi connectivity index (χ0v) is 15.3. The summed E-state index contributed by atoms with van der Waals surface area (Å²) in [6, 6.07) is 10.6. The lowest BCUT2D eigenvalue weighted by atomic mass is 10.1. The van der Waals surface area contributed by atoms with Crippen LogP contribution in [-0.4, -0.2) is 31.9 Å². The molecule has 0 radical (unpaired) electrons. The first-order valence-electron chi connectivity index (χ1n) is 7.91. The van der Waals surface area contributed by atoms with Gasteiger partial charge in [-0.3, -0.25) is 0 Å². The van der Waals surface area contributed by atoms with Crippen LogP contribution in [0.4, 0.5) is 15.8 Å². The highest BCUT2D eigenvalue weighted by Crippen LogP contribution is 2.33. The number of hydrogen-bond acceptors (Lipinski definition) is 2. The van der Waals surface area contributed by atoms with Crippen LogP contribution >= 0.6 is 11.6 Å². The van der Waals surface area contributed by atoms with Crippen LogP contribution in [0.25, 0.3) is 0 Å². The maximum atomic E-state index is 13.8. The minimum Gasteiger partial charge on any atom is -0.370 e. The molecule has 2 aromatic carbocycles. The molecule has 3 nitrogen and oxygen atoms in total. The predicted molar refractivity (Wildman–Crippen MR) is 101 cm³/mol. The summed E-state index contributed by atoms with van der Waals surface area (Å²) in [6.07, 6.45) is 1.77. The summed E-state index contributed by atoms with van der Waals surface area (Å²) in [5.74, 6) is -0.197. The standard InChI is InChI=1S/C19H23ClFN3/c1-5-23(3)13-22-18-10-14(2)19(11-16(18)20)24(4)12-15-8-6-7-9-17(15)21/h6-11,13H,5,12H2,1-4H3. The van der Waals surface area contributed by atoms with Crippen LogP contribution in [0, 0.1) is 12.7 Å². The molecule has 0 heterocycles. The Balaban J connectivity index is 2.23. The van der Waals surface area contributed by atoms with Crippen molar-refractivity contribution in [1.82, 2.24) is 4.90 Å². The molecule has 0 saturated carbocycles. The van der Waals surface area contributed by atoms with Gasteiger partial charge in [0.2, 0.25) is 0 Å². The summed E-state index contributed by atoms with van der Waals surface area (Å²) in [4.78, 5) is 8.39. The first-order valence-corrected chi connectivity index (χ1v) is 8.29.